The van der Waals surface area contributed by atoms with Crippen molar-refractivity contribution in [3.63, 3.8) is 0 Å². The van der Waals surface area contributed by atoms with Gasteiger partial charge in [0.05, 0.1) is 5.39 Å². The van der Waals surface area contributed by atoms with Crippen LogP contribution in [0, 0.1) is 0 Å². The van der Waals surface area contributed by atoms with Crippen LogP contribution in [0.2, 0.25) is 0 Å². The summed E-state index contributed by atoms with van der Waals surface area (Å²) in [7, 11) is 0. The third-order valence-corrected chi connectivity index (χ3v) is 4.25. The van der Waals surface area contributed by atoms with E-state index in [9.17, 15) is 4.79 Å². The first-order valence-corrected chi connectivity index (χ1v) is 7.44. The van der Waals surface area contributed by atoms with Crippen molar-refractivity contribution < 1.29 is 0 Å². The van der Waals surface area contributed by atoms with E-state index < -0.39 is 0 Å². The quantitative estimate of drug-likeness (QED) is 0.870. The van der Waals surface area contributed by atoms with Gasteiger partial charge in [0.25, 0.3) is 5.56 Å². The molecule has 0 aliphatic rings. The van der Waals surface area contributed by atoms with E-state index in [2.05, 4.69) is 19.2 Å². The molecule has 0 saturated carbocycles. The van der Waals surface area contributed by atoms with E-state index >= 15 is 0 Å². The van der Waals surface area contributed by atoms with Gasteiger partial charge in [-0.15, -0.1) is 11.3 Å². The summed E-state index contributed by atoms with van der Waals surface area (Å²) in [5.41, 5.74) is 0.125. The lowest BCUT2D eigenvalue weighted by molar-refractivity contribution is 0.463. The number of hydrogen-bond donors (Lipinski definition) is 1. The van der Waals surface area contributed by atoms with Crippen LogP contribution in [0.4, 0.5) is 0 Å². The lowest BCUT2D eigenvalue weighted by Crippen LogP contribution is -2.33. The maximum atomic E-state index is 12.1. The minimum atomic E-state index is 0.125. The van der Waals surface area contributed by atoms with Crippen LogP contribution in [0.5, 0.6) is 0 Å². The number of aromatic nitrogens is 1. The molecule has 18 heavy (non-hydrogen) atoms. The van der Waals surface area contributed by atoms with E-state index in [0.717, 1.165) is 36.0 Å². The molecule has 0 saturated heterocycles. The summed E-state index contributed by atoms with van der Waals surface area (Å²) in [4.78, 5) is 12.1. The van der Waals surface area contributed by atoms with Crippen molar-refractivity contribution in [2.75, 3.05) is 6.54 Å². The van der Waals surface area contributed by atoms with Crippen molar-refractivity contribution >= 4 is 21.4 Å². The number of rotatable bonds is 6. The van der Waals surface area contributed by atoms with E-state index in [1.165, 1.54) is 0 Å². The van der Waals surface area contributed by atoms with Crippen LogP contribution >= 0.6 is 11.3 Å². The second-order valence-corrected chi connectivity index (χ2v) is 5.43. The van der Waals surface area contributed by atoms with Crippen LogP contribution in [0.3, 0.4) is 0 Å². The molecule has 0 spiro atoms. The summed E-state index contributed by atoms with van der Waals surface area (Å²) in [5, 5.41) is 6.29. The zero-order valence-electron chi connectivity index (χ0n) is 11.0. The van der Waals surface area contributed by atoms with E-state index in [1.54, 1.807) is 15.9 Å². The normalized spacial score (nSPS) is 11.5. The number of thiophene rings is 1. The first-order chi connectivity index (χ1) is 8.76. The van der Waals surface area contributed by atoms with Gasteiger partial charge in [0, 0.05) is 30.0 Å². The molecule has 0 atom stereocenters. The molecule has 2 aromatic heterocycles. The first-order valence-electron chi connectivity index (χ1n) is 6.56. The Morgan fingerprint density at radius 2 is 2.11 bits per heavy atom. The Balaban J connectivity index is 2.03. The average molecular weight is 264 g/mol. The molecule has 0 unspecified atom stereocenters. The molecule has 0 amide bonds. The second-order valence-electron chi connectivity index (χ2n) is 4.48. The Bertz CT molecular complexity index is 554. The predicted molar refractivity (Wildman–Crippen MR) is 78.5 cm³/mol. The number of pyridine rings is 1. The third-order valence-electron chi connectivity index (χ3n) is 3.36. The summed E-state index contributed by atoms with van der Waals surface area (Å²) >= 11 is 1.62. The van der Waals surface area contributed by atoms with Crippen molar-refractivity contribution in [3.8, 4) is 0 Å². The van der Waals surface area contributed by atoms with Gasteiger partial charge in [0.2, 0.25) is 0 Å². The summed E-state index contributed by atoms with van der Waals surface area (Å²) < 4.78 is 2.87. The smallest absolute Gasteiger partial charge is 0.259 e. The number of nitrogens with zero attached hydrogens (tertiary/aromatic N) is 1. The first kappa shape index (κ1) is 13.3. The fraction of sp³-hybridized carbons (Fsp3) is 0.500. The van der Waals surface area contributed by atoms with Crippen molar-refractivity contribution in [2.24, 2.45) is 0 Å². The van der Waals surface area contributed by atoms with Crippen molar-refractivity contribution in [2.45, 2.75) is 39.3 Å². The predicted octanol–water partition coefficient (Wildman–Crippen LogP) is 2.84. The maximum Gasteiger partial charge on any atom is 0.259 e. The van der Waals surface area contributed by atoms with Gasteiger partial charge < -0.3 is 9.88 Å². The topological polar surface area (TPSA) is 34.0 Å². The standard InChI is InChI=1S/C14H20N2OS/c1-3-11(4-2)15-7-9-16-8-5-13-12(14(16)17)6-10-18-13/h5-6,8,10-11,15H,3-4,7,9H2,1-2H3. The minimum absolute atomic E-state index is 0.125. The summed E-state index contributed by atoms with van der Waals surface area (Å²) in [6, 6.07) is 4.50. The van der Waals surface area contributed by atoms with Crippen LogP contribution in [0.1, 0.15) is 26.7 Å². The van der Waals surface area contributed by atoms with Crippen LogP contribution in [0.15, 0.2) is 28.5 Å². The second kappa shape index (κ2) is 6.16. The molecule has 1 N–H and O–H groups in total. The van der Waals surface area contributed by atoms with Crippen molar-refractivity contribution in [1.82, 2.24) is 9.88 Å². The van der Waals surface area contributed by atoms with Crippen LogP contribution < -0.4 is 10.9 Å². The van der Waals surface area contributed by atoms with Gasteiger partial charge in [-0.3, -0.25) is 4.79 Å². The Labute approximate surface area is 111 Å². The zero-order valence-corrected chi connectivity index (χ0v) is 11.8. The lowest BCUT2D eigenvalue weighted by Gasteiger charge is -2.15. The summed E-state index contributed by atoms with van der Waals surface area (Å²) in [6.45, 7) is 5.96. The maximum absolute atomic E-state index is 12.1. The van der Waals surface area contributed by atoms with Crippen LogP contribution in [-0.4, -0.2) is 17.2 Å². The van der Waals surface area contributed by atoms with Gasteiger partial charge >= 0.3 is 0 Å². The number of hydrogen-bond acceptors (Lipinski definition) is 3. The summed E-state index contributed by atoms with van der Waals surface area (Å²) in [5.74, 6) is 0. The molecular formula is C14H20N2OS. The highest BCUT2D eigenvalue weighted by Crippen LogP contribution is 2.15. The van der Waals surface area contributed by atoms with Crippen molar-refractivity contribution in [3.05, 3.63) is 34.1 Å². The van der Waals surface area contributed by atoms with Gasteiger partial charge in [0.15, 0.2) is 0 Å². The highest BCUT2D eigenvalue weighted by Gasteiger charge is 2.05. The molecular weight excluding hydrogens is 244 g/mol. The molecule has 2 aromatic rings. The van der Waals surface area contributed by atoms with Crippen molar-refractivity contribution in [1.29, 1.82) is 0 Å². The van der Waals surface area contributed by atoms with E-state index in [1.807, 2.05) is 23.7 Å². The zero-order chi connectivity index (χ0) is 13.0. The molecule has 0 aliphatic carbocycles. The SMILES string of the molecule is CCC(CC)NCCn1ccc2sccc2c1=O. The molecule has 0 fully saturated rings. The Kier molecular flexibility index (Phi) is 4.55. The molecule has 0 radical (unpaired) electrons. The minimum Gasteiger partial charge on any atom is -0.314 e. The highest BCUT2D eigenvalue weighted by atomic mass is 32.1. The fourth-order valence-electron chi connectivity index (χ4n) is 2.15. The van der Waals surface area contributed by atoms with E-state index in [-0.39, 0.29) is 5.56 Å². The monoisotopic (exact) mass is 264 g/mol. The Morgan fingerprint density at radius 3 is 2.83 bits per heavy atom. The van der Waals surface area contributed by atoms with Crippen LogP contribution in [0.25, 0.3) is 10.1 Å². The summed E-state index contributed by atoms with van der Waals surface area (Å²) in [6.07, 6.45) is 4.17. The van der Waals surface area contributed by atoms with Crippen LogP contribution in [-0.2, 0) is 6.54 Å². The van der Waals surface area contributed by atoms with E-state index in [0.29, 0.717) is 6.04 Å². The number of nitrogens with one attached hydrogen (secondary N) is 1. The molecule has 0 bridgehead atoms. The fourth-order valence-corrected chi connectivity index (χ4v) is 2.92. The Hall–Kier alpha value is -1.13. The molecule has 4 heteroatoms. The molecule has 2 rings (SSSR count). The number of fused-ring (bicyclic) bond motifs is 1. The highest BCUT2D eigenvalue weighted by molar-refractivity contribution is 7.17. The van der Waals surface area contributed by atoms with Gasteiger partial charge in [-0.2, -0.15) is 0 Å². The Morgan fingerprint density at radius 1 is 1.33 bits per heavy atom. The largest absolute Gasteiger partial charge is 0.314 e. The van der Waals surface area contributed by atoms with E-state index in [4.69, 9.17) is 0 Å². The molecule has 0 aliphatic heterocycles. The van der Waals surface area contributed by atoms with Gasteiger partial charge in [-0.05, 0) is 30.4 Å². The third kappa shape index (κ3) is 2.82. The van der Waals surface area contributed by atoms with Gasteiger partial charge in [-0.1, -0.05) is 13.8 Å². The molecule has 2 heterocycles. The van der Waals surface area contributed by atoms with Gasteiger partial charge in [0.1, 0.15) is 0 Å². The molecule has 3 nitrogen and oxygen atoms in total. The molecule has 0 aromatic carbocycles. The average Bonchev–Trinajstić information content (AvgIpc) is 2.86. The van der Waals surface area contributed by atoms with Gasteiger partial charge in [-0.25, -0.2) is 0 Å². The molecule has 98 valence electrons. The lowest BCUT2D eigenvalue weighted by atomic mass is 10.2.